The largest absolute Gasteiger partial charge is 0.483 e. The summed E-state index contributed by atoms with van der Waals surface area (Å²) in [6, 6.07) is 13.5. The molecule has 0 aliphatic carbocycles. The van der Waals surface area contributed by atoms with E-state index in [-0.39, 0.29) is 18.4 Å². The number of aromatic nitrogens is 1. The van der Waals surface area contributed by atoms with Crippen molar-refractivity contribution >= 4 is 5.97 Å². The van der Waals surface area contributed by atoms with E-state index in [2.05, 4.69) is 4.98 Å². The first-order valence-corrected chi connectivity index (χ1v) is 10.2. The highest BCUT2D eigenvalue weighted by atomic mass is 16.7. The zero-order valence-electron chi connectivity index (χ0n) is 17.4. The van der Waals surface area contributed by atoms with E-state index >= 15 is 0 Å². The molecule has 0 unspecified atom stereocenters. The number of carboxylic acid groups (broad SMARTS) is 1. The van der Waals surface area contributed by atoms with Gasteiger partial charge in [-0.2, -0.15) is 0 Å². The molecule has 3 rings (SSSR count). The minimum absolute atomic E-state index is 0.0963. The van der Waals surface area contributed by atoms with Gasteiger partial charge in [-0.1, -0.05) is 36.4 Å². The Morgan fingerprint density at radius 3 is 2.73 bits per heavy atom. The average molecular weight is 411 g/mol. The zero-order chi connectivity index (χ0) is 21.4. The van der Waals surface area contributed by atoms with Gasteiger partial charge in [0, 0.05) is 24.7 Å². The number of ether oxygens (including phenoxy) is 3. The number of benzene rings is 1. The second kappa shape index (κ2) is 10.4. The number of rotatable bonds is 9. The normalized spacial score (nSPS) is 22.1. The number of hydrogen-bond acceptors (Lipinski definition) is 5. The molecule has 2 aromatic rings. The summed E-state index contributed by atoms with van der Waals surface area (Å²) in [4.78, 5) is 14.9. The maximum absolute atomic E-state index is 10.7. The van der Waals surface area contributed by atoms with Gasteiger partial charge in [0.15, 0.2) is 11.9 Å². The summed E-state index contributed by atoms with van der Waals surface area (Å²) >= 11 is 0. The Morgan fingerprint density at radius 1 is 1.23 bits per heavy atom. The Bertz CT molecular complexity index is 822. The van der Waals surface area contributed by atoms with E-state index in [1.54, 1.807) is 6.20 Å². The topological polar surface area (TPSA) is 77.9 Å². The molecule has 2 heterocycles. The number of para-hydroxylation sites is 1. The molecule has 1 fully saturated rings. The van der Waals surface area contributed by atoms with Gasteiger partial charge in [0.2, 0.25) is 0 Å². The van der Waals surface area contributed by atoms with Crippen molar-refractivity contribution in [1.29, 1.82) is 0 Å². The van der Waals surface area contributed by atoms with E-state index in [9.17, 15) is 4.79 Å². The van der Waals surface area contributed by atoms with E-state index in [0.29, 0.717) is 13.0 Å². The summed E-state index contributed by atoms with van der Waals surface area (Å²) in [6.45, 7) is 4.42. The van der Waals surface area contributed by atoms with Gasteiger partial charge >= 0.3 is 5.97 Å². The molecule has 1 aliphatic rings. The predicted octanol–water partition coefficient (Wildman–Crippen LogP) is 4.78. The first-order valence-electron chi connectivity index (χ1n) is 10.2. The van der Waals surface area contributed by atoms with Crippen LogP contribution in [0, 0.1) is 5.92 Å². The van der Waals surface area contributed by atoms with Gasteiger partial charge in [0.25, 0.3) is 0 Å². The van der Waals surface area contributed by atoms with Crippen LogP contribution in [0.15, 0.2) is 67.0 Å². The molecule has 1 aliphatic heterocycles. The summed E-state index contributed by atoms with van der Waals surface area (Å²) in [5, 5.41) is 8.77. The van der Waals surface area contributed by atoms with E-state index in [0.717, 1.165) is 17.7 Å². The maximum atomic E-state index is 10.7. The lowest BCUT2D eigenvalue weighted by molar-refractivity contribution is -0.288. The van der Waals surface area contributed by atoms with Crippen LogP contribution in [-0.2, 0) is 14.3 Å². The van der Waals surface area contributed by atoms with Crippen LogP contribution in [0.3, 0.4) is 0 Å². The van der Waals surface area contributed by atoms with E-state index in [1.165, 1.54) is 0 Å². The fourth-order valence-electron chi connectivity index (χ4n) is 3.47. The smallest absolute Gasteiger partial charge is 0.303 e. The summed E-state index contributed by atoms with van der Waals surface area (Å²) < 4.78 is 18.6. The second-order valence-electron chi connectivity index (χ2n) is 7.93. The van der Waals surface area contributed by atoms with Crippen LogP contribution in [-0.4, -0.2) is 34.6 Å². The second-order valence-corrected chi connectivity index (χ2v) is 7.93. The lowest BCUT2D eigenvalue weighted by Gasteiger charge is -2.42. The van der Waals surface area contributed by atoms with Crippen LogP contribution < -0.4 is 4.74 Å². The average Bonchev–Trinajstić information content (AvgIpc) is 2.74. The fourth-order valence-corrected chi connectivity index (χ4v) is 3.47. The highest BCUT2D eigenvalue weighted by molar-refractivity contribution is 5.66. The fraction of sp³-hybridized carbons (Fsp3) is 0.417. The highest BCUT2D eigenvalue weighted by Gasteiger charge is 2.42. The van der Waals surface area contributed by atoms with Crippen LogP contribution in [0.25, 0.3) is 0 Å². The SMILES string of the molecule is CC(C)(Oc1ccccc1)[C@H]1OC[C@@H](C/C=C\CCC(=O)O)[C@@H](c2cccnc2)O1. The molecule has 0 radical (unpaired) electrons. The van der Waals surface area contributed by atoms with Crippen LogP contribution in [0.2, 0.25) is 0 Å². The number of aliphatic carboxylic acids is 1. The van der Waals surface area contributed by atoms with Gasteiger partial charge in [0.05, 0.1) is 12.7 Å². The molecular weight excluding hydrogens is 382 g/mol. The number of carbonyl (C=O) groups is 1. The minimum Gasteiger partial charge on any atom is -0.483 e. The Kier molecular flexibility index (Phi) is 7.60. The van der Waals surface area contributed by atoms with Gasteiger partial charge in [-0.05, 0) is 50.5 Å². The molecule has 6 heteroatoms. The Labute approximate surface area is 177 Å². The van der Waals surface area contributed by atoms with Crippen molar-refractivity contribution in [2.24, 2.45) is 5.92 Å². The van der Waals surface area contributed by atoms with E-state index in [4.69, 9.17) is 19.3 Å². The first-order chi connectivity index (χ1) is 14.5. The van der Waals surface area contributed by atoms with Crippen LogP contribution in [0.1, 0.15) is 44.8 Å². The molecule has 1 N–H and O–H groups in total. The number of nitrogens with zero attached hydrogens (tertiary/aromatic N) is 1. The van der Waals surface area contributed by atoms with Gasteiger partial charge in [-0.15, -0.1) is 0 Å². The third kappa shape index (κ3) is 6.15. The van der Waals surface area contributed by atoms with Gasteiger partial charge in [-0.3, -0.25) is 9.78 Å². The number of allylic oxidation sites excluding steroid dienone is 2. The molecule has 0 spiro atoms. The third-order valence-electron chi connectivity index (χ3n) is 5.00. The summed E-state index contributed by atoms with van der Waals surface area (Å²) in [7, 11) is 0. The minimum atomic E-state index is -0.791. The van der Waals surface area contributed by atoms with Crippen molar-refractivity contribution in [1.82, 2.24) is 4.98 Å². The van der Waals surface area contributed by atoms with Crippen molar-refractivity contribution in [3.63, 3.8) is 0 Å². The number of pyridine rings is 1. The Balaban J connectivity index is 1.70. The molecule has 0 bridgehead atoms. The van der Waals surface area contributed by atoms with Crippen molar-refractivity contribution in [2.75, 3.05) is 6.61 Å². The Hall–Kier alpha value is -2.70. The summed E-state index contributed by atoms with van der Waals surface area (Å²) in [5.41, 5.74) is 0.301. The Morgan fingerprint density at radius 2 is 2.03 bits per heavy atom. The molecule has 1 saturated heterocycles. The zero-order valence-corrected chi connectivity index (χ0v) is 17.4. The molecular formula is C24H29NO5. The van der Waals surface area contributed by atoms with Gasteiger partial charge < -0.3 is 19.3 Å². The molecule has 6 nitrogen and oxygen atoms in total. The summed E-state index contributed by atoms with van der Waals surface area (Å²) in [5.74, 6) is 0.0656. The molecule has 0 amide bonds. The molecule has 3 atom stereocenters. The van der Waals surface area contributed by atoms with Crippen molar-refractivity contribution in [3.8, 4) is 5.75 Å². The molecule has 0 saturated carbocycles. The van der Waals surface area contributed by atoms with Gasteiger partial charge in [-0.25, -0.2) is 0 Å². The highest BCUT2D eigenvalue weighted by Crippen LogP contribution is 2.38. The lowest BCUT2D eigenvalue weighted by atomic mass is 9.92. The van der Waals surface area contributed by atoms with Crippen LogP contribution in [0.5, 0.6) is 5.75 Å². The summed E-state index contributed by atoms with van der Waals surface area (Å²) in [6.07, 6.45) is 8.11. The number of hydrogen-bond donors (Lipinski definition) is 1. The van der Waals surface area contributed by atoms with Crippen molar-refractivity contribution in [2.45, 2.75) is 51.1 Å². The van der Waals surface area contributed by atoms with Crippen molar-refractivity contribution < 1.29 is 24.1 Å². The molecule has 1 aromatic carbocycles. The van der Waals surface area contributed by atoms with Crippen molar-refractivity contribution in [3.05, 3.63) is 72.6 Å². The molecule has 160 valence electrons. The van der Waals surface area contributed by atoms with Gasteiger partial charge in [0.1, 0.15) is 5.75 Å². The van der Waals surface area contributed by atoms with E-state index in [1.807, 2.05) is 74.7 Å². The standard InChI is InChI=1S/C24H29NO5/c1-24(2,30-20-12-6-4-7-13-20)23-28-17-19(10-5-3-8-14-21(26)27)22(29-23)18-11-9-15-25-16-18/h3-7,9,11-13,15-16,19,22-23H,8,10,14,17H2,1-2H3,(H,26,27)/b5-3-/t19-,22-,23+/m1/s1. The van der Waals surface area contributed by atoms with Crippen LogP contribution >= 0.6 is 0 Å². The lowest BCUT2D eigenvalue weighted by Crippen LogP contribution is -2.50. The van der Waals surface area contributed by atoms with Crippen LogP contribution in [0.4, 0.5) is 0 Å². The van der Waals surface area contributed by atoms with E-state index < -0.39 is 17.9 Å². The number of carboxylic acids is 1. The molecule has 30 heavy (non-hydrogen) atoms. The first kappa shape index (κ1) is 22.0. The third-order valence-corrected chi connectivity index (χ3v) is 5.00. The maximum Gasteiger partial charge on any atom is 0.303 e. The molecule has 1 aromatic heterocycles. The predicted molar refractivity (Wildman–Crippen MR) is 113 cm³/mol. The quantitative estimate of drug-likeness (QED) is 0.598. The monoisotopic (exact) mass is 411 g/mol.